The third-order valence-electron chi connectivity index (χ3n) is 2.89. The molecular formula is C14H22N4O2. The second kappa shape index (κ2) is 7.68. The minimum Gasteiger partial charge on any atom is -0.464 e. The maximum absolute atomic E-state index is 11.5. The SMILES string of the molecule is Cc1oc(CN(CCC#N)CC(C)C)cc1C(=O)NN. The van der Waals surface area contributed by atoms with Crippen molar-refractivity contribution in [2.24, 2.45) is 11.8 Å². The molecule has 1 heterocycles. The van der Waals surface area contributed by atoms with Gasteiger partial charge >= 0.3 is 0 Å². The highest BCUT2D eigenvalue weighted by Gasteiger charge is 2.16. The van der Waals surface area contributed by atoms with Crippen LogP contribution in [-0.2, 0) is 6.54 Å². The fraction of sp³-hybridized carbons (Fsp3) is 0.571. The molecule has 0 saturated carbocycles. The van der Waals surface area contributed by atoms with Gasteiger partial charge < -0.3 is 4.42 Å². The van der Waals surface area contributed by atoms with Gasteiger partial charge in [0.05, 0.1) is 18.2 Å². The quantitative estimate of drug-likeness (QED) is 0.448. The molecule has 1 amide bonds. The highest BCUT2D eigenvalue weighted by molar-refractivity contribution is 5.94. The molecule has 3 N–H and O–H groups in total. The van der Waals surface area contributed by atoms with E-state index in [1.54, 1.807) is 13.0 Å². The summed E-state index contributed by atoms with van der Waals surface area (Å²) < 4.78 is 5.59. The van der Waals surface area contributed by atoms with Crippen molar-refractivity contribution in [3.05, 3.63) is 23.2 Å². The number of hydrazine groups is 1. The molecule has 1 aromatic rings. The Hall–Kier alpha value is -1.84. The number of carbonyl (C=O) groups excluding carboxylic acids is 1. The molecule has 1 aromatic heterocycles. The summed E-state index contributed by atoms with van der Waals surface area (Å²) >= 11 is 0. The number of nitriles is 1. The van der Waals surface area contributed by atoms with Crippen LogP contribution in [-0.4, -0.2) is 23.9 Å². The number of hydrogen-bond acceptors (Lipinski definition) is 5. The topological polar surface area (TPSA) is 95.3 Å². The summed E-state index contributed by atoms with van der Waals surface area (Å²) in [5, 5.41) is 8.70. The van der Waals surface area contributed by atoms with E-state index in [0.29, 0.717) is 42.5 Å². The molecule has 0 atom stereocenters. The van der Waals surface area contributed by atoms with Gasteiger partial charge in [0.1, 0.15) is 11.5 Å². The molecule has 110 valence electrons. The fourth-order valence-corrected chi connectivity index (χ4v) is 2.10. The molecule has 0 aliphatic rings. The first-order valence-electron chi connectivity index (χ1n) is 6.67. The van der Waals surface area contributed by atoms with Gasteiger partial charge in [-0.1, -0.05) is 13.8 Å². The Kier molecular flexibility index (Phi) is 6.22. The van der Waals surface area contributed by atoms with Crippen molar-refractivity contribution >= 4 is 5.91 Å². The molecule has 6 nitrogen and oxygen atoms in total. The number of nitrogens with one attached hydrogen (secondary N) is 1. The summed E-state index contributed by atoms with van der Waals surface area (Å²) in [4.78, 5) is 13.7. The zero-order valence-corrected chi connectivity index (χ0v) is 12.3. The van der Waals surface area contributed by atoms with Crippen LogP contribution in [0.3, 0.4) is 0 Å². The minimum atomic E-state index is -0.357. The Balaban J connectivity index is 2.77. The predicted octanol–water partition coefficient (Wildman–Crippen LogP) is 1.56. The Morgan fingerprint density at radius 2 is 2.30 bits per heavy atom. The lowest BCUT2D eigenvalue weighted by Crippen LogP contribution is -2.30. The van der Waals surface area contributed by atoms with E-state index in [-0.39, 0.29) is 5.91 Å². The average Bonchev–Trinajstić information content (AvgIpc) is 2.75. The van der Waals surface area contributed by atoms with Crippen LogP contribution in [0.4, 0.5) is 0 Å². The monoisotopic (exact) mass is 278 g/mol. The van der Waals surface area contributed by atoms with Gasteiger partial charge in [0.15, 0.2) is 0 Å². The van der Waals surface area contributed by atoms with Gasteiger partial charge in [-0.3, -0.25) is 15.1 Å². The van der Waals surface area contributed by atoms with Gasteiger partial charge in [-0.2, -0.15) is 5.26 Å². The van der Waals surface area contributed by atoms with Crippen LogP contribution >= 0.6 is 0 Å². The number of nitrogens with two attached hydrogens (primary N) is 1. The van der Waals surface area contributed by atoms with Crippen molar-refractivity contribution in [2.75, 3.05) is 13.1 Å². The number of amides is 1. The third kappa shape index (κ3) is 4.68. The maximum Gasteiger partial charge on any atom is 0.268 e. The molecule has 0 fully saturated rings. The summed E-state index contributed by atoms with van der Waals surface area (Å²) in [5.74, 6) is 6.52. The van der Waals surface area contributed by atoms with Gasteiger partial charge in [0.25, 0.3) is 5.91 Å². The molecule has 0 bridgehead atoms. The van der Waals surface area contributed by atoms with E-state index in [1.165, 1.54) is 0 Å². The zero-order chi connectivity index (χ0) is 15.1. The van der Waals surface area contributed by atoms with Crippen molar-refractivity contribution in [1.29, 1.82) is 5.26 Å². The molecule has 0 saturated heterocycles. The second-order valence-electron chi connectivity index (χ2n) is 5.19. The van der Waals surface area contributed by atoms with E-state index >= 15 is 0 Å². The molecule has 0 aliphatic heterocycles. The van der Waals surface area contributed by atoms with E-state index in [2.05, 4.69) is 30.2 Å². The van der Waals surface area contributed by atoms with E-state index in [4.69, 9.17) is 15.5 Å². The number of furan rings is 1. The first-order chi connectivity index (χ1) is 9.47. The standard InChI is InChI=1S/C14H22N4O2/c1-10(2)8-18(6-4-5-15)9-12-7-13(11(3)20-12)14(19)17-16/h7,10H,4,6,8-9,16H2,1-3H3,(H,17,19). The van der Waals surface area contributed by atoms with Crippen molar-refractivity contribution in [3.8, 4) is 6.07 Å². The van der Waals surface area contributed by atoms with Gasteiger partial charge in [0.2, 0.25) is 0 Å². The van der Waals surface area contributed by atoms with Crippen LogP contribution in [0.5, 0.6) is 0 Å². The van der Waals surface area contributed by atoms with Crippen LogP contribution in [0.15, 0.2) is 10.5 Å². The van der Waals surface area contributed by atoms with E-state index in [9.17, 15) is 4.79 Å². The highest BCUT2D eigenvalue weighted by atomic mass is 16.3. The number of nitrogens with zero attached hydrogens (tertiary/aromatic N) is 2. The smallest absolute Gasteiger partial charge is 0.268 e. The molecule has 20 heavy (non-hydrogen) atoms. The Bertz CT molecular complexity index is 488. The Labute approximate surface area is 119 Å². The first kappa shape index (κ1) is 16.2. The number of hydrogen-bond donors (Lipinski definition) is 2. The fourth-order valence-electron chi connectivity index (χ4n) is 2.10. The second-order valence-corrected chi connectivity index (χ2v) is 5.19. The molecule has 0 aromatic carbocycles. The lowest BCUT2D eigenvalue weighted by molar-refractivity contribution is 0.0952. The third-order valence-corrected chi connectivity index (χ3v) is 2.89. The van der Waals surface area contributed by atoms with Gasteiger partial charge in [-0.05, 0) is 18.9 Å². The average molecular weight is 278 g/mol. The summed E-state index contributed by atoms with van der Waals surface area (Å²) in [5.41, 5.74) is 2.55. The molecular weight excluding hydrogens is 256 g/mol. The zero-order valence-electron chi connectivity index (χ0n) is 12.3. The maximum atomic E-state index is 11.5. The van der Waals surface area contributed by atoms with Gasteiger partial charge in [-0.15, -0.1) is 0 Å². The van der Waals surface area contributed by atoms with Crippen LogP contribution in [0.2, 0.25) is 0 Å². The summed E-state index contributed by atoms with van der Waals surface area (Å²) in [6, 6.07) is 3.85. The number of carbonyl (C=O) groups is 1. The largest absolute Gasteiger partial charge is 0.464 e. The van der Waals surface area contributed by atoms with Crippen LogP contribution in [0, 0.1) is 24.2 Å². The normalized spacial score (nSPS) is 10.8. The summed E-state index contributed by atoms with van der Waals surface area (Å²) in [6.07, 6.45) is 0.475. The number of rotatable bonds is 7. The van der Waals surface area contributed by atoms with Crippen molar-refractivity contribution in [1.82, 2.24) is 10.3 Å². The van der Waals surface area contributed by atoms with E-state index in [0.717, 1.165) is 6.54 Å². The van der Waals surface area contributed by atoms with E-state index in [1.807, 2.05) is 0 Å². The van der Waals surface area contributed by atoms with E-state index < -0.39 is 0 Å². The Morgan fingerprint density at radius 1 is 1.60 bits per heavy atom. The molecule has 1 rings (SSSR count). The molecule has 0 aliphatic carbocycles. The van der Waals surface area contributed by atoms with Gasteiger partial charge in [-0.25, -0.2) is 5.84 Å². The number of nitrogen functional groups attached to an aromatic ring is 1. The van der Waals surface area contributed by atoms with Gasteiger partial charge in [0, 0.05) is 19.5 Å². The van der Waals surface area contributed by atoms with Crippen LogP contribution < -0.4 is 11.3 Å². The highest BCUT2D eigenvalue weighted by Crippen LogP contribution is 2.17. The molecule has 0 radical (unpaired) electrons. The van der Waals surface area contributed by atoms with Crippen LogP contribution in [0.25, 0.3) is 0 Å². The minimum absolute atomic E-state index is 0.357. The predicted molar refractivity (Wildman–Crippen MR) is 75.4 cm³/mol. The Morgan fingerprint density at radius 3 is 2.85 bits per heavy atom. The molecule has 6 heteroatoms. The van der Waals surface area contributed by atoms with Crippen LogP contribution in [0.1, 0.15) is 42.1 Å². The lowest BCUT2D eigenvalue weighted by atomic mass is 10.2. The summed E-state index contributed by atoms with van der Waals surface area (Å²) in [7, 11) is 0. The molecule has 0 unspecified atom stereocenters. The first-order valence-corrected chi connectivity index (χ1v) is 6.67. The summed E-state index contributed by atoms with van der Waals surface area (Å²) in [6.45, 7) is 8.13. The van der Waals surface area contributed by atoms with Crippen molar-refractivity contribution < 1.29 is 9.21 Å². The van der Waals surface area contributed by atoms with Crippen molar-refractivity contribution in [3.63, 3.8) is 0 Å². The molecule has 0 spiro atoms. The number of aryl methyl sites for hydroxylation is 1. The lowest BCUT2D eigenvalue weighted by Gasteiger charge is -2.21. The van der Waals surface area contributed by atoms with Crippen molar-refractivity contribution in [2.45, 2.75) is 33.7 Å².